The molecule has 7 nitrogen and oxygen atoms in total. The molecule has 0 aliphatic carbocycles. The molecule has 10 heteroatoms. The van der Waals surface area contributed by atoms with Crippen molar-refractivity contribution in [2.24, 2.45) is 0 Å². The number of halogens is 3. The Morgan fingerprint density at radius 2 is 2.00 bits per heavy atom. The second-order valence-corrected chi connectivity index (χ2v) is 6.66. The van der Waals surface area contributed by atoms with E-state index in [-0.39, 0.29) is 25.6 Å². The smallest absolute Gasteiger partial charge is 0.433 e. The zero-order valence-electron chi connectivity index (χ0n) is 14.6. The highest BCUT2D eigenvalue weighted by molar-refractivity contribution is 5.96. The van der Waals surface area contributed by atoms with Gasteiger partial charge in [0.05, 0.1) is 13.2 Å². The van der Waals surface area contributed by atoms with Gasteiger partial charge in [-0.25, -0.2) is 9.78 Å². The van der Waals surface area contributed by atoms with Crippen molar-refractivity contribution in [1.82, 2.24) is 9.88 Å². The van der Waals surface area contributed by atoms with Gasteiger partial charge in [0, 0.05) is 6.54 Å². The minimum atomic E-state index is -4.63. The van der Waals surface area contributed by atoms with Crippen LogP contribution in [0, 0.1) is 0 Å². The number of anilines is 1. The Bertz CT molecular complexity index is 673. The first-order valence-corrected chi connectivity index (χ1v) is 7.90. The summed E-state index contributed by atoms with van der Waals surface area (Å²) in [5.41, 5.74) is -1.88. The van der Waals surface area contributed by atoms with Gasteiger partial charge in [0.2, 0.25) is 0 Å². The lowest BCUT2D eigenvalue weighted by molar-refractivity contribution is -0.141. The first kappa shape index (κ1) is 20.0. The number of ether oxygens (including phenoxy) is 2. The van der Waals surface area contributed by atoms with E-state index in [1.165, 1.54) is 11.0 Å². The Morgan fingerprint density at radius 3 is 2.62 bits per heavy atom. The molecule has 1 aromatic heterocycles. The lowest BCUT2D eigenvalue weighted by atomic mass is 10.2. The normalized spacial score (nSPS) is 18.4. The highest BCUT2D eigenvalue weighted by Gasteiger charge is 2.36. The molecule has 1 saturated heterocycles. The van der Waals surface area contributed by atoms with Gasteiger partial charge in [-0.05, 0) is 32.9 Å². The largest absolute Gasteiger partial charge is 0.444 e. The Kier molecular flexibility index (Phi) is 5.74. The molecule has 0 radical (unpaired) electrons. The molecular formula is C16H20F3N3O4. The number of carbonyl (C=O) groups is 2. The highest BCUT2D eigenvalue weighted by atomic mass is 19.4. The van der Waals surface area contributed by atoms with Crippen molar-refractivity contribution in [3.05, 3.63) is 23.9 Å². The van der Waals surface area contributed by atoms with Crippen LogP contribution in [0.3, 0.4) is 0 Å². The summed E-state index contributed by atoms with van der Waals surface area (Å²) in [7, 11) is 0. The minimum absolute atomic E-state index is 0.0932. The van der Waals surface area contributed by atoms with Crippen LogP contribution >= 0.6 is 0 Å². The average Bonchev–Trinajstić information content (AvgIpc) is 2.52. The van der Waals surface area contributed by atoms with Gasteiger partial charge in [-0.15, -0.1) is 0 Å². The fourth-order valence-electron chi connectivity index (χ4n) is 2.23. The van der Waals surface area contributed by atoms with E-state index in [0.717, 1.165) is 12.1 Å². The van der Waals surface area contributed by atoms with Crippen LogP contribution in [0.4, 0.5) is 23.8 Å². The first-order valence-electron chi connectivity index (χ1n) is 7.90. The Morgan fingerprint density at radius 1 is 1.31 bits per heavy atom. The number of morpholine rings is 1. The fourth-order valence-corrected chi connectivity index (χ4v) is 2.23. The standard InChI is InChI=1S/C16H20F3N3O4/c1-15(2,3)26-14(24)22-7-8-25-9-10(22)13(23)21-12-6-4-5-11(20-12)16(17,18)19/h4-6,10H,7-9H2,1-3H3,(H,20,21,23). The number of nitrogens with one attached hydrogen (secondary N) is 1. The molecule has 1 aromatic rings. The van der Waals surface area contributed by atoms with Crippen LogP contribution in [-0.4, -0.2) is 53.3 Å². The maximum Gasteiger partial charge on any atom is 0.433 e. The molecule has 0 saturated carbocycles. The van der Waals surface area contributed by atoms with E-state index < -0.39 is 35.5 Å². The van der Waals surface area contributed by atoms with E-state index in [4.69, 9.17) is 9.47 Å². The van der Waals surface area contributed by atoms with E-state index in [2.05, 4.69) is 10.3 Å². The molecule has 1 atom stereocenters. The SMILES string of the molecule is CC(C)(C)OC(=O)N1CCOCC1C(=O)Nc1cccc(C(F)(F)F)n1. The quantitative estimate of drug-likeness (QED) is 0.860. The molecule has 26 heavy (non-hydrogen) atoms. The molecular weight excluding hydrogens is 355 g/mol. The molecule has 1 N–H and O–H groups in total. The van der Waals surface area contributed by atoms with Crippen molar-refractivity contribution < 1.29 is 32.2 Å². The third kappa shape index (κ3) is 5.32. The summed E-state index contributed by atoms with van der Waals surface area (Å²) >= 11 is 0. The van der Waals surface area contributed by atoms with Gasteiger partial charge in [-0.1, -0.05) is 6.07 Å². The number of pyridine rings is 1. The number of hydrogen-bond donors (Lipinski definition) is 1. The second kappa shape index (κ2) is 7.48. The molecule has 1 aliphatic heterocycles. The zero-order valence-corrected chi connectivity index (χ0v) is 14.6. The molecule has 2 heterocycles. The summed E-state index contributed by atoms with van der Waals surface area (Å²) in [5, 5.41) is 2.29. The molecule has 1 aliphatic rings. The van der Waals surface area contributed by atoms with E-state index in [0.29, 0.717) is 0 Å². The van der Waals surface area contributed by atoms with Crippen LogP contribution in [0.5, 0.6) is 0 Å². The highest BCUT2D eigenvalue weighted by Crippen LogP contribution is 2.28. The summed E-state index contributed by atoms with van der Waals surface area (Å²) in [6, 6.07) is 2.13. The van der Waals surface area contributed by atoms with E-state index in [1.54, 1.807) is 20.8 Å². The van der Waals surface area contributed by atoms with Crippen LogP contribution in [0.15, 0.2) is 18.2 Å². The number of carbonyl (C=O) groups excluding carboxylic acids is 2. The molecule has 1 unspecified atom stereocenters. The van der Waals surface area contributed by atoms with Crippen molar-refractivity contribution in [3.63, 3.8) is 0 Å². The van der Waals surface area contributed by atoms with E-state index in [9.17, 15) is 22.8 Å². The van der Waals surface area contributed by atoms with Gasteiger partial charge >= 0.3 is 12.3 Å². The lowest BCUT2D eigenvalue weighted by Gasteiger charge is -2.35. The van der Waals surface area contributed by atoms with Gasteiger partial charge in [-0.3, -0.25) is 9.69 Å². The van der Waals surface area contributed by atoms with Crippen molar-refractivity contribution in [2.45, 2.75) is 38.6 Å². The first-order chi connectivity index (χ1) is 12.0. The summed E-state index contributed by atoms with van der Waals surface area (Å²) in [5.74, 6) is -0.970. The molecule has 0 spiro atoms. The summed E-state index contributed by atoms with van der Waals surface area (Å²) < 4.78 is 48.6. The van der Waals surface area contributed by atoms with E-state index >= 15 is 0 Å². The number of amides is 2. The van der Waals surface area contributed by atoms with Gasteiger partial charge < -0.3 is 14.8 Å². The Balaban J connectivity index is 2.12. The zero-order chi connectivity index (χ0) is 19.5. The summed E-state index contributed by atoms with van der Waals surface area (Å²) in [4.78, 5) is 29.3. The molecule has 2 amide bonds. The van der Waals surface area contributed by atoms with Crippen LogP contribution < -0.4 is 5.32 Å². The minimum Gasteiger partial charge on any atom is -0.444 e. The number of rotatable bonds is 2. The summed E-state index contributed by atoms with van der Waals surface area (Å²) in [6.45, 7) is 5.32. The number of aromatic nitrogens is 1. The predicted molar refractivity (Wildman–Crippen MR) is 85.4 cm³/mol. The van der Waals surface area contributed by atoms with Crippen molar-refractivity contribution >= 4 is 17.8 Å². The van der Waals surface area contributed by atoms with Gasteiger partial charge in [0.1, 0.15) is 23.2 Å². The second-order valence-electron chi connectivity index (χ2n) is 6.66. The maximum absolute atomic E-state index is 12.7. The lowest BCUT2D eigenvalue weighted by Crippen LogP contribution is -2.55. The molecule has 0 aromatic carbocycles. The Hall–Kier alpha value is -2.36. The number of nitrogens with zero attached hydrogens (tertiary/aromatic N) is 2. The molecule has 144 valence electrons. The third-order valence-corrected chi connectivity index (χ3v) is 3.35. The molecule has 1 fully saturated rings. The Labute approximate surface area is 148 Å². The van der Waals surface area contributed by atoms with E-state index in [1.807, 2.05) is 0 Å². The molecule has 2 rings (SSSR count). The van der Waals surface area contributed by atoms with Crippen LogP contribution in [0.25, 0.3) is 0 Å². The van der Waals surface area contributed by atoms with Crippen molar-refractivity contribution in [2.75, 3.05) is 25.1 Å². The summed E-state index contributed by atoms with van der Waals surface area (Å²) in [6.07, 6.45) is -5.32. The number of hydrogen-bond acceptors (Lipinski definition) is 5. The average molecular weight is 375 g/mol. The molecule has 0 bridgehead atoms. The van der Waals surface area contributed by atoms with Crippen LogP contribution in [-0.2, 0) is 20.4 Å². The van der Waals surface area contributed by atoms with Gasteiger partial charge in [-0.2, -0.15) is 13.2 Å². The van der Waals surface area contributed by atoms with Gasteiger partial charge in [0.25, 0.3) is 5.91 Å². The fraction of sp³-hybridized carbons (Fsp3) is 0.562. The van der Waals surface area contributed by atoms with Crippen LogP contribution in [0.2, 0.25) is 0 Å². The monoisotopic (exact) mass is 375 g/mol. The predicted octanol–water partition coefficient (Wildman–Crippen LogP) is 2.67. The third-order valence-electron chi connectivity index (χ3n) is 3.35. The maximum atomic E-state index is 12.7. The number of alkyl halides is 3. The topological polar surface area (TPSA) is 80.8 Å². The van der Waals surface area contributed by atoms with Crippen molar-refractivity contribution in [3.8, 4) is 0 Å². The van der Waals surface area contributed by atoms with Gasteiger partial charge in [0.15, 0.2) is 0 Å². The van der Waals surface area contributed by atoms with Crippen molar-refractivity contribution in [1.29, 1.82) is 0 Å². The van der Waals surface area contributed by atoms with Crippen LogP contribution in [0.1, 0.15) is 26.5 Å².